The third-order valence-electron chi connectivity index (χ3n) is 2.62. The molecule has 2 N–H and O–H groups in total. The van der Waals surface area contributed by atoms with Gasteiger partial charge in [-0.3, -0.25) is 4.98 Å². The van der Waals surface area contributed by atoms with E-state index in [0.29, 0.717) is 22.3 Å². The maximum Gasteiger partial charge on any atom is 0.238 e. The van der Waals surface area contributed by atoms with E-state index >= 15 is 0 Å². The maximum atomic E-state index is 6.02. The molecule has 0 saturated carbocycles. The van der Waals surface area contributed by atoms with Gasteiger partial charge in [-0.1, -0.05) is 17.7 Å². The lowest BCUT2D eigenvalue weighted by Crippen LogP contribution is -1.92. The highest BCUT2D eigenvalue weighted by atomic mass is 35.5. The number of ether oxygens (including phenoxy) is 1. The standard InChI is InChI=1S/C14H10ClN3O/c15-12-7-10(16)8-18-14(12)19-11-3-4-13-9(6-11)2-1-5-17-13/h1-8H,16H2. The quantitative estimate of drug-likeness (QED) is 0.773. The lowest BCUT2D eigenvalue weighted by Gasteiger charge is -2.07. The molecule has 0 unspecified atom stereocenters. The SMILES string of the molecule is Nc1cnc(Oc2ccc3ncccc3c2)c(Cl)c1. The molecule has 4 nitrogen and oxygen atoms in total. The van der Waals surface area contributed by atoms with Crippen LogP contribution in [0.5, 0.6) is 11.6 Å². The molecule has 3 aromatic rings. The van der Waals surface area contributed by atoms with Gasteiger partial charge < -0.3 is 10.5 Å². The Labute approximate surface area is 114 Å². The number of nitrogens with zero attached hydrogens (tertiary/aromatic N) is 2. The first-order valence-corrected chi connectivity index (χ1v) is 6.04. The van der Waals surface area contributed by atoms with Crippen molar-refractivity contribution in [3.8, 4) is 11.6 Å². The molecule has 0 spiro atoms. The van der Waals surface area contributed by atoms with E-state index in [9.17, 15) is 0 Å². The number of benzene rings is 1. The molecule has 0 bridgehead atoms. The number of halogens is 1. The topological polar surface area (TPSA) is 61.0 Å². The van der Waals surface area contributed by atoms with Gasteiger partial charge in [-0.25, -0.2) is 4.98 Å². The Bertz CT molecular complexity index is 746. The highest BCUT2D eigenvalue weighted by molar-refractivity contribution is 6.32. The Hall–Kier alpha value is -2.33. The highest BCUT2D eigenvalue weighted by Gasteiger charge is 2.06. The van der Waals surface area contributed by atoms with Crippen molar-refractivity contribution in [2.24, 2.45) is 0 Å². The minimum atomic E-state index is 0.333. The van der Waals surface area contributed by atoms with Gasteiger partial charge in [0.1, 0.15) is 10.8 Å². The second-order valence-corrected chi connectivity index (χ2v) is 4.42. The Morgan fingerprint density at radius 2 is 2.00 bits per heavy atom. The molecule has 94 valence electrons. The Balaban J connectivity index is 1.96. The second-order valence-electron chi connectivity index (χ2n) is 4.02. The molecule has 2 aromatic heterocycles. The van der Waals surface area contributed by atoms with Crippen molar-refractivity contribution in [2.75, 3.05) is 5.73 Å². The van der Waals surface area contributed by atoms with E-state index in [-0.39, 0.29) is 0 Å². The van der Waals surface area contributed by atoms with E-state index in [4.69, 9.17) is 22.1 Å². The van der Waals surface area contributed by atoms with E-state index in [0.717, 1.165) is 10.9 Å². The van der Waals surface area contributed by atoms with Gasteiger partial charge in [0.15, 0.2) is 0 Å². The first kappa shape index (κ1) is 11.7. The third kappa shape index (κ3) is 2.44. The molecule has 0 saturated heterocycles. The number of rotatable bonds is 2. The van der Waals surface area contributed by atoms with Crippen LogP contribution < -0.4 is 10.5 Å². The van der Waals surface area contributed by atoms with Gasteiger partial charge >= 0.3 is 0 Å². The van der Waals surface area contributed by atoms with Gasteiger partial charge in [-0.2, -0.15) is 0 Å². The average Bonchev–Trinajstić information content (AvgIpc) is 2.42. The molecule has 0 amide bonds. The zero-order chi connectivity index (χ0) is 13.2. The third-order valence-corrected chi connectivity index (χ3v) is 2.89. The summed E-state index contributed by atoms with van der Waals surface area (Å²) < 4.78 is 5.65. The molecule has 19 heavy (non-hydrogen) atoms. The second kappa shape index (κ2) is 4.74. The zero-order valence-corrected chi connectivity index (χ0v) is 10.6. The van der Waals surface area contributed by atoms with Gasteiger partial charge in [-0.05, 0) is 30.3 Å². The Morgan fingerprint density at radius 1 is 1.11 bits per heavy atom. The number of nitrogens with two attached hydrogens (primary N) is 1. The van der Waals surface area contributed by atoms with Crippen molar-refractivity contribution in [1.29, 1.82) is 0 Å². The first-order valence-electron chi connectivity index (χ1n) is 5.66. The van der Waals surface area contributed by atoms with Gasteiger partial charge in [0.05, 0.1) is 17.4 Å². The first-order chi connectivity index (χ1) is 9.22. The van der Waals surface area contributed by atoms with Gasteiger partial charge in [0.25, 0.3) is 0 Å². The molecular weight excluding hydrogens is 262 g/mol. The average molecular weight is 272 g/mol. The van der Waals surface area contributed by atoms with Crippen molar-refractivity contribution < 1.29 is 4.74 Å². The fourth-order valence-corrected chi connectivity index (χ4v) is 1.96. The summed E-state index contributed by atoms with van der Waals surface area (Å²) in [5.74, 6) is 0.985. The Morgan fingerprint density at radius 3 is 2.84 bits per heavy atom. The van der Waals surface area contributed by atoms with Crippen molar-refractivity contribution in [1.82, 2.24) is 9.97 Å². The maximum absolute atomic E-state index is 6.02. The van der Waals surface area contributed by atoms with E-state index in [1.807, 2.05) is 30.3 Å². The summed E-state index contributed by atoms with van der Waals surface area (Å²) in [6, 6.07) is 11.0. The van der Waals surface area contributed by atoms with Crippen LogP contribution in [-0.2, 0) is 0 Å². The lowest BCUT2D eigenvalue weighted by molar-refractivity contribution is 0.464. The summed E-state index contributed by atoms with van der Waals surface area (Å²) >= 11 is 6.02. The summed E-state index contributed by atoms with van der Waals surface area (Å²) in [6.45, 7) is 0. The van der Waals surface area contributed by atoms with Crippen LogP contribution >= 0.6 is 11.6 Å². The van der Waals surface area contributed by atoms with E-state index in [1.165, 1.54) is 6.20 Å². The van der Waals surface area contributed by atoms with Crippen LogP contribution in [0.3, 0.4) is 0 Å². The Kier molecular flexibility index (Phi) is 2.93. The molecule has 0 aliphatic heterocycles. The normalized spacial score (nSPS) is 10.6. The molecule has 1 aromatic carbocycles. The fraction of sp³-hybridized carbons (Fsp3) is 0. The van der Waals surface area contributed by atoms with Crippen LogP contribution in [0.4, 0.5) is 5.69 Å². The van der Waals surface area contributed by atoms with Crippen molar-refractivity contribution in [3.63, 3.8) is 0 Å². The summed E-state index contributed by atoms with van der Waals surface area (Å²) in [4.78, 5) is 8.30. The largest absolute Gasteiger partial charge is 0.438 e. The molecule has 0 atom stereocenters. The number of hydrogen-bond acceptors (Lipinski definition) is 4. The minimum Gasteiger partial charge on any atom is -0.438 e. The van der Waals surface area contributed by atoms with Crippen LogP contribution in [-0.4, -0.2) is 9.97 Å². The number of fused-ring (bicyclic) bond motifs is 1. The fourth-order valence-electron chi connectivity index (χ4n) is 1.74. The molecule has 2 heterocycles. The zero-order valence-electron chi connectivity index (χ0n) is 9.88. The molecule has 0 radical (unpaired) electrons. The number of pyridine rings is 2. The van der Waals surface area contributed by atoms with E-state index in [1.54, 1.807) is 12.3 Å². The van der Waals surface area contributed by atoms with Gasteiger partial charge in [0.2, 0.25) is 5.88 Å². The highest BCUT2D eigenvalue weighted by Crippen LogP contribution is 2.29. The summed E-state index contributed by atoms with van der Waals surface area (Å²) in [7, 11) is 0. The number of anilines is 1. The molecule has 0 aliphatic carbocycles. The van der Waals surface area contributed by atoms with Crippen molar-refractivity contribution in [3.05, 3.63) is 53.8 Å². The van der Waals surface area contributed by atoms with Crippen LogP contribution in [0.15, 0.2) is 48.8 Å². The van der Waals surface area contributed by atoms with E-state index in [2.05, 4.69) is 9.97 Å². The minimum absolute atomic E-state index is 0.333. The smallest absolute Gasteiger partial charge is 0.238 e. The molecule has 5 heteroatoms. The molecule has 0 fully saturated rings. The van der Waals surface area contributed by atoms with Gasteiger partial charge in [-0.15, -0.1) is 0 Å². The van der Waals surface area contributed by atoms with Gasteiger partial charge in [0, 0.05) is 11.6 Å². The molecular formula is C14H10ClN3O. The monoisotopic (exact) mass is 271 g/mol. The summed E-state index contributed by atoms with van der Waals surface area (Å²) in [6.07, 6.45) is 3.26. The predicted molar refractivity (Wildman–Crippen MR) is 75.5 cm³/mol. The molecule has 3 rings (SSSR count). The van der Waals surface area contributed by atoms with Crippen LogP contribution in [0.25, 0.3) is 10.9 Å². The number of aromatic nitrogens is 2. The van der Waals surface area contributed by atoms with Crippen LogP contribution in [0, 0.1) is 0 Å². The lowest BCUT2D eigenvalue weighted by atomic mass is 10.2. The molecule has 0 aliphatic rings. The number of nitrogen functional groups attached to an aromatic ring is 1. The summed E-state index contributed by atoms with van der Waals surface area (Å²) in [5, 5.41) is 1.37. The van der Waals surface area contributed by atoms with E-state index < -0.39 is 0 Å². The number of hydrogen-bond donors (Lipinski definition) is 1. The van der Waals surface area contributed by atoms with Crippen LogP contribution in [0.1, 0.15) is 0 Å². The summed E-state index contributed by atoms with van der Waals surface area (Å²) in [5.41, 5.74) is 6.99. The van der Waals surface area contributed by atoms with Crippen LogP contribution in [0.2, 0.25) is 5.02 Å². The van der Waals surface area contributed by atoms with Crippen molar-refractivity contribution in [2.45, 2.75) is 0 Å². The predicted octanol–water partition coefficient (Wildman–Crippen LogP) is 3.66. The van der Waals surface area contributed by atoms with Crippen molar-refractivity contribution >= 4 is 28.2 Å².